The highest BCUT2D eigenvalue weighted by atomic mass is 19.4. The second kappa shape index (κ2) is 7.62. The molecule has 0 radical (unpaired) electrons. The Balaban J connectivity index is 1.76. The van der Waals surface area contributed by atoms with Crippen LogP contribution in [0, 0.1) is 0 Å². The fourth-order valence-corrected chi connectivity index (χ4v) is 1.84. The molecule has 1 aromatic heterocycles. The fourth-order valence-electron chi connectivity index (χ4n) is 1.84. The van der Waals surface area contributed by atoms with Crippen molar-refractivity contribution in [3.05, 3.63) is 59.9 Å². The maximum atomic E-state index is 12.6. The number of nitrogens with one attached hydrogen (secondary N) is 1. The second-order valence-electron chi connectivity index (χ2n) is 4.74. The van der Waals surface area contributed by atoms with Gasteiger partial charge in [-0.2, -0.15) is 13.2 Å². The predicted octanol–water partition coefficient (Wildman–Crippen LogP) is 2.84. The summed E-state index contributed by atoms with van der Waals surface area (Å²) in [5, 5.41) is 2.62. The topological polar surface area (TPSA) is 51.2 Å². The Morgan fingerprint density at radius 3 is 2.70 bits per heavy atom. The second-order valence-corrected chi connectivity index (χ2v) is 4.74. The van der Waals surface area contributed by atoms with Crippen molar-refractivity contribution in [3.8, 4) is 5.75 Å². The number of ether oxygens (including phenoxy) is 1. The van der Waals surface area contributed by atoms with Crippen LogP contribution in [0.2, 0.25) is 0 Å². The minimum atomic E-state index is -4.44. The lowest BCUT2D eigenvalue weighted by molar-refractivity contribution is -0.137. The van der Waals surface area contributed by atoms with E-state index in [4.69, 9.17) is 4.74 Å². The van der Waals surface area contributed by atoms with Crippen molar-refractivity contribution in [2.45, 2.75) is 12.6 Å². The van der Waals surface area contributed by atoms with E-state index >= 15 is 0 Å². The van der Waals surface area contributed by atoms with Crippen LogP contribution in [-0.4, -0.2) is 24.0 Å². The van der Waals surface area contributed by atoms with Gasteiger partial charge in [0.05, 0.1) is 5.56 Å². The van der Waals surface area contributed by atoms with Crippen LogP contribution < -0.4 is 10.1 Å². The molecule has 0 bridgehead atoms. The van der Waals surface area contributed by atoms with Crippen LogP contribution in [0.5, 0.6) is 5.75 Å². The molecule has 1 heterocycles. The van der Waals surface area contributed by atoms with Crippen LogP contribution in [-0.2, 0) is 17.4 Å². The molecule has 4 nitrogen and oxygen atoms in total. The van der Waals surface area contributed by atoms with Crippen molar-refractivity contribution in [3.63, 3.8) is 0 Å². The van der Waals surface area contributed by atoms with E-state index in [0.29, 0.717) is 13.0 Å². The Bertz CT molecular complexity index is 645. The lowest BCUT2D eigenvalue weighted by Crippen LogP contribution is -2.30. The zero-order chi connectivity index (χ0) is 16.7. The van der Waals surface area contributed by atoms with Gasteiger partial charge in [0.1, 0.15) is 5.75 Å². The number of aromatic nitrogens is 1. The SMILES string of the molecule is O=C(COc1cccc(C(F)(F)F)c1)NCCc1ccccn1. The van der Waals surface area contributed by atoms with Gasteiger partial charge in [-0.15, -0.1) is 0 Å². The number of amides is 1. The van der Waals surface area contributed by atoms with Gasteiger partial charge >= 0.3 is 6.18 Å². The third-order valence-electron chi connectivity index (χ3n) is 2.96. The number of halogens is 3. The summed E-state index contributed by atoms with van der Waals surface area (Å²) in [6.45, 7) is 0.0331. The van der Waals surface area contributed by atoms with Crippen molar-refractivity contribution in [2.75, 3.05) is 13.2 Å². The molecule has 122 valence electrons. The average molecular weight is 324 g/mol. The number of benzene rings is 1. The Labute approximate surface area is 131 Å². The average Bonchev–Trinajstić information content (AvgIpc) is 2.53. The van der Waals surface area contributed by atoms with E-state index in [1.165, 1.54) is 12.1 Å². The van der Waals surface area contributed by atoms with Crippen LogP contribution in [0.4, 0.5) is 13.2 Å². The molecule has 0 atom stereocenters. The van der Waals surface area contributed by atoms with Gasteiger partial charge in [-0.05, 0) is 30.3 Å². The summed E-state index contributed by atoms with van der Waals surface area (Å²) in [5.41, 5.74) is 0.0251. The maximum absolute atomic E-state index is 12.6. The lowest BCUT2D eigenvalue weighted by atomic mass is 10.2. The van der Waals surface area contributed by atoms with Crippen LogP contribution in [0.15, 0.2) is 48.7 Å². The van der Waals surface area contributed by atoms with Crippen molar-refractivity contribution < 1.29 is 22.7 Å². The van der Waals surface area contributed by atoms with Gasteiger partial charge in [0.25, 0.3) is 5.91 Å². The van der Waals surface area contributed by atoms with E-state index in [9.17, 15) is 18.0 Å². The molecular weight excluding hydrogens is 309 g/mol. The van der Waals surface area contributed by atoms with Crippen LogP contribution in [0.3, 0.4) is 0 Å². The van der Waals surface area contributed by atoms with Gasteiger partial charge in [-0.1, -0.05) is 12.1 Å². The minimum absolute atomic E-state index is 0.000277. The molecule has 0 aliphatic heterocycles. The van der Waals surface area contributed by atoms with E-state index in [0.717, 1.165) is 17.8 Å². The van der Waals surface area contributed by atoms with Gasteiger partial charge in [-0.25, -0.2) is 0 Å². The first-order valence-corrected chi connectivity index (χ1v) is 6.92. The van der Waals surface area contributed by atoms with E-state index in [1.807, 2.05) is 12.1 Å². The molecule has 0 saturated heterocycles. The standard InChI is InChI=1S/C16H15F3N2O2/c17-16(18,19)12-4-3-6-14(10-12)23-11-15(22)21-9-7-13-5-1-2-8-20-13/h1-6,8,10H,7,9,11H2,(H,21,22). The largest absolute Gasteiger partial charge is 0.484 e. The Morgan fingerprint density at radius 1 is 1.17 bits per heavy atom. The molecule has 0 aliphatic rings. The highest BCUT2D eigenvalue weighted by Crippen LogP contribution is 2.31. The molecule has 0 unspecified atom stereocenters. The number of hydrogen-bond acceptors (Lipinski definition) is 3. The predicted molar refractivity (Wildman–Crippen MR) is 77.9 cm³/mol. The number of carbonyl (C=O) groups is 1. The first-order valence-electron chi connectivity index (χ1n) is 6.92. The summed E-state index contributed by atoms with van der Waals surface area (Å²) >= 11 is 0. The molecule has 23 heavy (non-hydrogen) atoms. The van der Waals surface area contributed by atoms with E-state index in [2.05, 4.69) is 10.3 Å². The molecule has 7 heteroatoms. The Hall–Kier alpha value is -2.57. The third-order valence-corrected chi connectivity index (χ3v) is 2.96. The fraction of sp³-hybridized carbons (Fsp3) is 0.250. The number of pyridine rings is 1. The summed E-state index contributed by atoms with van der Waals surface area (Å²) in [7, 11) is 0. The van der Waals surface area contributed by atoms with Crippen molar-refractivity contribution >= 4 is 5.91 Å². The van der Waals surface area contributed by atoms with Gasteiger partial charge in [0.2, 0.25) is 0 Å². The summed E-state index contributed by atoms with van der Waals surface area (Å²) < 4.78 is 42.7. The van der Waals surface area contributed by atoms with Gasteiger partial charge < -0.3 is 10.1 Å². The first-order chi connectivity index (χ1) is 10.9. The van der Waals surface area contributed by atoms with E-state index < -0.39 is 17.6 Å². The molecule has 0 saturated carbocycles. The quantitative estimate of drug-likeness (QED) is 0.889. The summed E-state index contributed by atoms with van der Waals surface area (Å²) in [6, 6.07) is 9.89. The van der Waals surface area contributed by atoms with Crippen LogP contribution in [0.1, 0.15) is 11.3 Å². The highest BCUT2D eigenvalue weighted by Gasteiger charge is 2.30. The summed E-state index contributed by atoms with van der Waals surface area (Å²) in [4.78, 5) is 15.7. The number of hydrogen-bond donors (Lipinski definition) is 1. The molecule has 2 rings (SSSR count). The highest BCUT2D eigenvalue weighted by molar-refractivity contribution is 5.77. The number of carbonyl (C=O) groups excluding carboxylic acids is 1. The lowest BCUT2D eigenvalue weighted by Gasteiger charge is -2.10. The molecule has 0 fully saturated rings. The molecular formula is C16H15F3N2O2. The normalized spacial score (nSPS) is 11.1. The monoisotopic (exact) mass is 324 g/mol. The molecule has 1 amide bonds. The zero-order valence-corrected chi connectivity index (χ0v) is 12.1. The maximum Gasteiger partial charge on any atom is 0.416 e. The van der Waals surface area contributed by atoms with E-state index in [1.54, 1.807) is 12.3 Å². The minimum Gasteiger partial charge on any atom is -0.484 e. The number of nitrogens with zero attached hydrogens (tertiary/aromatic N) is 1. The summed E-state index contributed by atoms with van der Waals surface area (Å²) in [6.07, 6.45) is -2.21. The Morgan fingerprint density at radius 2 is 2.00 bits per heavy atom. The smallest absolute Gasteiger partial charge is 0.416 e. The third kappa shape index (κ3) is 5.61. The van der Waals surface area contributed by atoms with Crippen molar-refractivity contribution in [2.24, 2.45) is 0 Å². The molecule has 2 aromatic rings. The van der Waals surface area contributed by atoms with Crippen molar-refractivity contribution in [1.82, 2.24) is 10.3 Å². The first kappa shape index (κ1) is 16.8. The van der Waals surface area contributed by atoms with Crippen LogP contribution in [0.25, 0.3) is 0 Å². The molecule has 0 spiro atoms. The van der Waals surface area contributed by atoms with Crippen molar-refractivity contribution in [1.29, 1.82) is 0 Å². The van der Waals surface area contributed by atoms with Crippen LogP contribution >= 0.6 is 0 Å². The molecule has 1 N–H and O–H groups in total. The zero-order valence-electron chi connectivity index (χ0n) is 12.1. The molecule has 0 aliphatic carbocycles. The summed E-state index contributed by atoms with van der Waals surface area (Å²) in [5.74, 6) is -0.405. The Kier molecular flexibility index (Phi) is 5.56. The van der Waals surface area contributed by atoms with Gasteiger partial charge in [0, 0.05) is 24.9 Å². The van der Waals surface area contributed by atoms with Gasteiger partial charge in [0.15, 0.2) is 6.61 Å². The molecule has 1 aromatic carbocycles. The number of alkyl halides is 3. The van der Waals surface area contributed by atoms with E-state index in [-0.39, 0.29) is 12.4 Å². The number of rotatable bonds is 6. The van der Waals surface area contributed by atoms with Gasteiger partial charge in [-0.3, -0.25) is 9.78 Å².